The second-order valence-corrected chi connectivity index (χ2v) is 6.37. The van der Waals surface area contributed by atoms with Crippen LogP contribution in [0.15, 0.2) is 42.9 Å². The molecule has 1 aliphatic heterocycles. The molecule has 2 aromatic heterocycles. The molecule has 1 N–H and O–H groups in total. The van der Waals surface area contributed by atoms with Gasteiger partial charge in [0.2, 0.25) is 0 Å². The molecule has 1 amide bonds. The first-order valence-electron chi connectivity index (χ1n) is 8.03. The molecule has 1 aliphatic rings. The number of aromatic amines is 1. The Morgan fingerprint density at radius 1 is 1.43 bits per heavy atom. The van der Waals surface area contributed by atoms with E-state index in [1.54, 1.807) is 0 Å². The minimum Gasteiger partial charge on any atom is -0.361 e. The van der Waals surface area contributed by atoms with Gasteiger partial charge >= 0.3 is 0 Å². The van der Waals surface area contributed by atoms with Gasteiger partial charge in [-0.15, -0.1) is 0 Å². The summed E-state index contributed by atoms with van der Waals surface area (Å²) in [6.07, 6.45) is 7.87. The molecular formula is C18H20N4O. The molecule has 3 heterocycles. The lowest BCUT2D eigenvalue weighted by Crippen LogP contribution is -2.35. The molecule has 23 heavy (non-hydrogen) atoms. The van der Waals surface area contributed by atoms with Crippen LogP contribution in [0.1, 0.15) is 22.6 Å². The summed E-state index contributed by atoms with van der Waals surface area (Å²) in [6, 6.07) is 7.81. The van der Waals surface area contributed by atoms with Crippen LogP contribution < -0.4 is 0 Å². The smallest absolute Gasteiger partial charge is 0.253 e. The predicted molar refractivity (Wildman–Crippen MR) is 89.3 cm³/mol. The fraction of sp³-hybridized carbons (Fsp3) is 0.333. The summed E-state index contributed by atoms with van der Waals surface area (Å²) >= 11 is 0. The fourth-order valence-corrected chi connectivity index (χ4v) is 3.46. The van der Waals surface area contributed by atoms with Crippen molar-refractivity contribution in [2.75, 3.05) is 13.6 Å². The van der Waals surface area contributed by atoms with Crippen LogP contribution in [0.25, 0.3) is 10.9 Å². The number of hydrogen-bond acceptors (Lipinski definition) is 2. The van der Waals surface area contributed by atoms with Gasteiger partial charge in [-0.1, -0.05) is 0 Å². The minimum absolute atomic E-state index is 0.0875. The number of aryl methyl sites for hydroxylation is 1. The molecule has 5 nitrogen and oxygen atoms in total. The Balaban J connectivity index is 1.46. The number of carbonyl (C=O) groups is 1. The summed E-state index contributed by atoms with van der Waals surface area (Å²) in [6.45, 7) is 1.73. The average Bonchev–Trinajstić information content (AvgIpc) is 3.21. The summed E-state index contributed by atoms with van der Waals surface area (Å²) in [5.74, 6) is 1.74. The highest BCUT2D eigenvalue weighted by atomic mass is 16.2. The molecule has 0 unspecified atom stereocenters. The van der Waals surface area contributed by atoms with Crippen LogP contribution in [0.4, 0.5) is 0 Å². The number of fused-ring (bicyclic) bond motifs is 2. The molecule has 5 heteroatoms. The van der Waals surface area contributed by atoms with Crippen molar-refractivity contribution in [3.8, 4) is 0 Å². The van der Waals surface area contributed by atoms with Crippen LogP contribution in [0, 0.1) is 5.92 Å². The number of carbonyl (C=O) groups excluding carboxylic acids is 1. The zero-order valence-corrected chi connectivity index (χ0v) is 13.2. The van der Waals surface area contributed by atoms with E-state index in [4.69, 9.17) is 0 Å². The van der Waals surface area contributed by atoms with Gasteiger partial charge in [0.15, 0.2) is 0 Å². The molecule has 0 spiro atoms. The van der Waals surface area contributed by atoms with Gasteiger partial charge in [0, 0.05) is 61.6 Å². The van der Waals surface area contributed by atoms with Crippen LogP contribution in [-0.2, 0) is 13.0 Å². The summed E-state index contributed by atoms with van der Waals surface area (Å²) in [5.41, 5.74) is 1.81. The predicted octanol–water partition coefficient (Wildman–Crippen LogP) is 2.70. The van der Waals surface area contributed by atoms with Gasteiger partial charge in [-0.05, 0) is 36.6 Å². The van der Waals surface area contributed by atoms with E-state index in [9.17, 15) is 4.79 Å². The highest BCUT2D eigenvalue weighted by Crippen LogP contribution is 2.21. The van der Waals surface area contributed by atoms with E-state index in [0.717, 1.165) is 48.2 Å². The molecule has 1 aromatic carbocycles. The minimum atomic E-state index is 0.0875. The molecule has 0 saturated heterocycles. The van der Waals surface area contributed by atoms with Crippen molar-refractivity contribution in [1.82, 2.24) is 19.4 Å². The van der Waals surface area contributed by atoms with Gasteiger partial charge in [0.05, 0.1) is 0 Å². The maximum atomic E-state index is 12.7. The van der Waals surface area contributed by atoms with Crippen molar-refractivity contribution >= 4 is 16.8 Å². The first-order chi connectivity index (χ1) is 11.2. The topological polar surface area (TPSA) is 53.9 Å². The normalized spacial score (nSPS) is 17.2. The Labute approximate surface area is 134 Å². The lowest BCUT2D eigenvalue weighted by Gasteiger charge is -2.28. The highest BCUT2D eigenvalue weighted by Gasteiger charge is 2.22. The molecule has 118 valence electrons. The van der Waals surface area contributed by atoms with E-state index in [1.165, 1.54) is 0 Å². The maximum absolute atomic E-state index is 12.7. The molecule has 0 radical (unpaired) electrons. The van der Waals surface area contributed by atoms with E-state index in [1.807, 2.05) is 54.8 Å². The number of nitrogens with one attached hydrogen (secondary N) is 1. The Bertz CT molecular complexity index is 847. The number of nitrogens with zero attached hydrogens (tertiary/aromatic N) is 3. The number of rotatable bonds is 3. The van der Waals surface area contributed by atoms with Crippen molar-refractivity contribution in [2.45, 2.75) is 19.4 Å². The van der Waals surface area contributed by atoms with E-state index in [-0.39, 0.29) is 5.91 Å². The summed E-state index contributed by atoms with van der Waals surface area (Å²) in [7, 11) is 1.90. The number of imidazole rings is 1. The van der Waals surface area contributed by atoms with Crippen molar-refractivity contribution in [3.63, 3.8) is 0 Å². The van der Waals surface area contributed by atoms with E-state index < -0.39 is 0 Å². The third-order valence-corrected chi connectivity index (χ3v) is 4.71. The quantitative estimate of drug-likeness (QED) is 0.809. The van der Waals surface area contributed by atoms with Crippen molar-refractivity contribution in [1.29, 1.82) is 0 Å². The fourth-order valence-electron chi connectivity index (χ4n) is 3.46. The monoisotopic (exact) mass is 308 g/mol. The molecule has 1 atom stereocenters. The van der Waals surface area contributed by atoms with E-state index in [0.29, 0.717) is 5.92 Å². The number of H-pyrrole nitrogens is 1. The summed E-state index contributed by atoms with van der Waals surface area (Å²) in [4.78, 5) is 22.0. The Morgan fingerprint density at radius 3 is 3.26 bits per heavy atom. The lowest BCUT2D eigenvalue weighted by atomic mass is 9.98. The molecule has 0 fully saturated rings. The third kappa shape index (κ3) is 2.63. The third-order valence-electron chi connectivity index (χ3n) is 4.71. The van der Waals surface area contributed by atoms with Gasteiger partial charge in [-0.2, -0.15) is 0 Å². The van der Waals surface area contributed by atoms with E-state index >= 15 is 0 Å². The zero-order valence-electron chi connectivity index (χ0n) is 13.2. The van der Waals surface area contributed by atoms with Gasteiger partial charge in [-0.25, -0.2) is 4.98 Å². The number of aromatic nitrogens is 3. The molecule has 4 rings (SSSR count). The molecule has 0 aliphatic carbocycles. The first-order valence-corrected chi connectivity index (χ1v) is 8.03. The van der Waals surface area contributed by atoms with Crippen molar-refractivity contribution in [3.05, 3.63) is 54.2 Å². The SMILES string of the molecule is CN(C[C@H]1CCc2nccn2C1)C(=O)c1ccc2[nH]ccc2c1. The molecule has 3 aromatic rings. The van der Waals surface area contributed by atoms with Crippen LogP contribution in [-0.4, -0.2) is 38.9 Å². The van der Waals surface area contributed by atoms with Gasteiger partial charge in [-0.3, -0.25) is 4.79 Å². The number of benzene rings is 1. The van der Waals surface area contributed by atoms with Crippen molar-refractivity contribution < 1.29 is 4.79 Å². The maximum Gasteiger partial charge on any atom is 0.253 e. The lowest BCUT2D eigenvalue weighted by molar-refractivity contribution is 0.0760. The Hall–Kier alpha value is -2.56. The van der Waals surface area contributed by atoms with Crippen LogP contribution in [0.3, 0.4) is 0 Å². The highest BCUT2D eigenvalue weighted by molar-refractivity contribution is 5.97. The van der Waals surface area contributed by atoms with Crippen LogP contribution in [0.2, 0.25) is 0 Å². The van der Waals surface area contributed by atoms with Gasteiger partial charge < -0.3 is 14.5 Å². The van der Waals surface area contributed by atoms with Gasteiger partial charge in [0.1, 0.15) is 5.82 Å². The summed E-state index contributed by atoms with van der Waals surface area (Å²) < 4.78 is 2.21. The van der Waals surface area contributed by atoms with Gasteiger partial charge in [0.25, 0.3) is 5.91 Å². The van der Waals surface area contributed by atoms with Crippen LogP contribution >= 0.6 is 0 Å². The molecule has 0 saturated carbocycles. The second-order valence-electron chi connectivity index (χ2n) is 6.37. The van der Waals surface area contributed by atoms with Crippen LogP contribution in [0.5, 0.6) is 0 Å². The van der Waals surface area contributed by atoms with E-state index in [2.05, 4.69) is 14.5 Å². The number of hydrogen-bond donors (Lipinski definition) is 1. The Kier molecular flexibility index (Phi) is 3.41. The molecular weight excluding hydrogens is 288 g/mol. The number of amides is 1. The van der Waals surface area contributed by atoms with Crippen molar-refractivity contribution in [2.24, 2.45) is 5.92 Å². The standard InChI is InChI=1S/C18H20N4O/c1-21(11-13-2-5-17-20-8-9-22(17)12-13)18(23)15-3-4-16-14(10-15)6-7-19-16/h3-4,6-10,13,19H,2,5,11-12H2,1H3/t13-/m1/s1. The Morgan fingerprint density at radius 2 is 2.35 bits per heavy atom. The molecule has 0 bridgehead atoms. The second kappa shape index (κ2) is 5.57. The zero-order chi connectivity index (χ0) is 15.8. The largest absolute Gasteiger partial charge is 0.361 e. The average molecular weight is 308 g/mol. The summed E-state index contributed by atoms with van der Waals surface area (Å²) in [5, 5.41) is 1.07. The first kappa shape index (κ1) is 14.1.